The van der Waals surface area contributed by atoms with Gasteiger partial charge in [-0.2, -0.15) is 0 Å². The van der Waals surface area contributed by atoms with E-state index in [1.54, 1.807) is 12.1 Å². The molecule has 0 bridgehead atoms. The van der Waals surface area contributed by atoms with Crippen LogP contribution in [0.4, 0.5) is 0 Å². The van der Waals surface area contributed by atoms with E-state index in [1.807, 2.05) is 0 Å². The number of aromatic carboxylic acids is 1. The average molecular weight is 291 g/mol. The van der Waals surface area contributed by atoms with Gasteiger partial charge in [-0.15, -0.1) is 0 Å². The molecule has 7 nitrogen and oxygen atoms in total. The van der Waals surface area contributed by atoms with Crippen LogP contribution in [0.1, 0.15) is 17.0 Å². The fraction of sp³-hybridized carbons (Fsp3) is 0.286. The zero-order valence-corrected chi connectivity index (χ0v) is 11.3. The first-order valence-electron chi connectivity index (χ1n) is 6.37. The van der Waals surface area contributed by atoms with E-state index >= 15 is 0 Å². The maximum Gasteiger partial charge on any atom is 0.374 e. The van der Waals surface area contributed by atoms with Gasteiger partial charge in [0.25, 0.3) is 0 Å². The molecule has 1 N–H and O–H groups in total. The van der Waals surface area contributed by atoms with Gasteiger partial charge in [-0.3, -0.25) is 0 Å². The highest BCUT2D eigenvalue weighted by Gasteiger charge is 2.24. The Hall–Kier alpha value is -2.70. The largest absolute Gasteiger partial charge is 0.496 e. The highest BCUT2D eigenvalue weighted by molar-refractivity contribution is 5.87. The molecule has 21 heavy (non-hydrogen) atoms. The molecule has 3 rings (SSSR count). The first-order chi connectivity index (χ1) is 10.2. The Morgan fingerprint density at radius 2 is 2.14 bits per heavy atom. The van der Waals surface area contributed by atoms with Crippen molar-refractivity contribution in [3.05, 3.63) is 24.0 Å². The van der Waals surface area contributed by atoms with Crippen LogP contribution in [0.5, 0.6) is 17.2 Å². The topological polar surface area (TPSA) is 91.0 Å². The molecule has 0 radical (unpaired) electrons. The molecule has 0 aliphatic carbocycles. The van der Waals surface area contributed by atoms with Crippen LogP contribution in [0.25, 0.3) is 11.3 Å². The fourth-order valence-corrected chi connectivity index (χ4v) is 2.12. The Kier molecular flexibility index (Phi) is 3.39. The van der Waals surface area contributed by atoms with Gasteiger partial charge in [-0.1, -0.05) is 5.16 Å². The lowest BCUT2D eigenvalue weighted by molar-refractivity contribution is 0.0652. The number of carboxylic acid groups (broad SMARTS) is 1. The first-order valence-corrected chi connectivity index (χ1v) is 6.37. The van der Waals surface area contributed by atoms with E-state index in [1.165, 1.54) is 13.2 Å². The van der Waals surface area contributed by atoms with E-state index in [2.05, 4.69) is 5.16 Å². The normalized spacial score (nSPS) is 13.6. The molecule has 0 amide bonds. The molecule has 2 heterocycles. The minimum atomic E-state index is -1.19. The number of carboxylic acids is 1. The Morgan fingerprint density at radius 3 is 2.86 bits per heavy atom. The van der Waals surface area contributed by atoms with Crippen molar-refractivity contribution < 1.29 is 28.6 Å². The quantitative estimate of drug-likeness (QED) is 0.926. The molecular weight excluding hydrogens is 278 g/mol. The molecule has 1 aliphatic heterocycles. The highest BCUT2D eigenvalue weighted by Crippen LogP contribution is 2.45. The van der Waals surface area contributed by atoms with Gasteiger partial charge in [0, 0.05) is 12.5 Å². The van der Waals surface area contributed by atoms with Crippen LogP contribution >= 0.6 is 0 Å². The summed E-state index contributed by atoms with van der Waals surface area (Å²) in [4.78, 5) is 10.9. The van der Waals surface area contributed by atoms with Gasteiger partial charge in [-0.25, -0.2) is 4.79 Å². The molecule has 0 fully saturated rings. The Balaban J connectivity index is 2.16. The summed E-state index contributed by atoms with van der Waals surface area (Å²) in [6.07, 6.45) is 0.760. The van der Waals surface area contributed by atoms with Crippen LogP contribution < -0.4 is 14.2 Å². The van der Waals surface area contributed by atoms with Crippen LogP contribution in [0.15, 0.2) is 22.7 Å². The summed E-state index contributed by atoms with van der Waals surface area (Å²) in [5.74, 6) is 0.121. The summed E-state index contributed by atoms with van der Waals surface area (Å²) in [5, 5.41) is 12.7. The predicted octanol–water partition coefficient (Wildman–Crippen LogP) is 2.21. The molecule has 1 aromatic carbocycles. The second kappa shape index (κ2) is 5.35. The molecule has 0 atom stereocenters. The van der Waals surface area contributed by atoms with Crippen LogP contribution in [0, 0.1) is 0 Å². The summed E-state index contributed by atoms with van der Waals surface area (Å²) in [5.41, 5.74) is 0.847. The lowest BCUT2D eigenvalue weighted by Crippen LogP contribution is -1.98. The molecular formula is C14H13NO6. The van der Waals surface area contributed by atoms with Crippen molar-refractivity contribution in [1.82, 2.24) is 5.16 Å². The standard InChI is InChI=1S/C14H13NO6/c1-18-9-3-4-10-13(20-6-2-5-19-10)12(9)8-7-11(14(16)17)21-15-8/h3-4,7H,2,5-6H2,1H3,(H,16,17). The van der Waals surface area contributed by atoms with Gasteiger partial charge in [0.05, 0.1) is 25.9 Å². The number of carbonyl (C=O) groups is 1. The molecule has 2 aromatic rings. The smallest absolute Gasteiger partial charge is 0.374 e. The van der Waals surface area contributed by atoms with Crippen LogP contribution in [0.3, 0.4) is 0 Å². The maximum absolute atomic E-state index is 10.9. The highest BCUT2D eigenvalue weighted by atomic mass is 16.5. The zero-order valence-electron chi connectivity index (χ0n) is 11.3. The molecule has 0 saturated heterocycles. The predicted molar refractivity (Wildman–Crippen MR) is 71.1 cm³/mol. The van der Waals surface area contributed by atoms with Gasteiger partial charge in [-0.05, 0) is 12.1 Å². The van der Waals surface area contributed by atoms with Gasteiger partial charge >= 0.3 is 5.97 Å². The lowest BCUT2D eigenvalue weighted by atomic mass is 10.1. The minimum Gasteiger partial charge on any atom is -0.496 e. The van der Waals surface area contributed by atoms with Gasteiger partial charge in [0.1, 0.15) is 11.4 Å². The number of benzene rings is 1. The maximum atomic E-state index is 10.9. The second-order valence-electron chi connectivity index (χ2n) is 4.40. The SMILES string of the molecule is COc1ccc2c(c1-c1cc(C(=O)O)on1)OCCCO2. The van der Waals surface area contributed by atoms with Crippen molar-refractivity contribution in [3.8, 4) is 28.5 Å². The van der Waals surface area contributed by atoms with Crippen LogP contribution in [-0.4, -0.2) is 36.6 Å². The van der Waals surface area contributed by atoms with E-state index in [-0.39, 0.29) is 5.76 Å². The van der Waals surface area contributed by atoms with E-state index in [0.29, 0.717) is 41.7 Å². The van der Waals surface area contributed by atoms with Gasteiger partial charge < -0.3 is 23.8 Å². The Morgan fingerprint density at radius 1 is 1.33 bits per heavy atom. The summed E-state index contributed by atoms with van der Waals surface area (Å²) in [6.45, 7) is 1.05. The minimum absolute atomic E-state index is 0.251. The number of rotatable bonds is 3. The summed E-state index contributed by atoms with van der Waals surface area (Å²) < 4.78 is 21.4. The van der Waals surface area contributed by atoms with Crippen molar-refractivity contribution in [2.75, 3.05) is 20.3 Å². The molecule has 0 spiro atoms. The molecule has 1 aromatic heterocycles. The number of methoxy groups -OCH3 is 1. The average Bonchev–Trinajstić information content (AvgIpc) is 2.85. The third-order valence-electron chi connectivity index (χ3n) is 3.07. The summed E-state index contributed by atoms with van der Waals surface area (Å²) in [6, 6.07) is 4.80. The molecule has 0 saturated carbocycles. The van der Waals surface area contributed by atoms with E-state index in [0.717, 1.165) is 6.42 Å². The number of ether oxygens (including phenoxy) is 3. The Labute approximate surface area is 120 Å². The molecule has 1 aliphatic rings. The monoisotopic (exact) mass is 291 g/mol. The third-order valence-corrected chi connectivity index (χ3v) is 3.07. The van der Waals surface area contributed by atoms with E-state index in [4.69, 9.17) is 23.8 Å². The molecule has 0 unspecified atom stereocenters. The van der Waals surface area contributed by atoms with Crippen molar-refractivity contribution in [2.24, 2.45) is 0 Å². The lowest BCUT2D eigenvalue weighted by Gasteiger charge is -2.14. The van der Waals surface area contributed by atoms with Crippen molar-refractivity contribution in [2.45, 2.75) is 6.42 Å². The number of hydrogen-bond donors (Lipinski definition) is 1. The zero-order chi connectivity index (χ0) is 14.8. The first kappa shape index (κ1) is 13.3. The molecule has 7 heteroatoms. The van der Waals surface area contributed by atoms with Gasteiger partial charge in [0.2, 0.25) is 5.76 Å². The second-order valence-corrected chi connectivity index (χ2v) is 4.40. The third kappa shape index (κ3) is 2.37. The van der Waals surface area contributed by atoms with Crippen molar-refractivity contribution >= 4 is 5.97 Å². The summed E-state index contributed by atoms with van der Waals surface area (Å²) >= 11 is 0. The van der Waals surface area contributed by atoms with Crippen LogP contribution in [0.2, 0.25) is 0 Å². The van der Waals surface area contributed by atoms with Gasteiger partial charge in [0.15, 0.2) is 11.5 Å². The molecule has 110 valence electrons. The number of aromatic nitrogens is 1. The van der Waals surface area contributed by atoms with Crippen molar-refractivity contribution in [3.63, 3.8) is 0 Å². The van der Waals surface area contributed by atoms with Crippen LogP contribution in [-0.2, 0) is 0 Å². The van der Waals surface area contributed by atoms with Crippen molar-refractivity contribution in [1.29, 1.82) is 0 Å². The Bertz CT molecular complexity index is 678. The van der Waals surface area contributed by atoms with E-state index < -0.39 is 5.97 Å². The van der Waals surface area contributed by atoms with E-state index in [9.17, 15) is 4.79 Å². The number of fused-ring (bicyclic) bond motifs is 1. The fourth-order valence-electron chi connectivity index (χ4n) is 2.12. The number of nitrogens with zero attached hydrogens (tertiary/aromatic N) is 1. The summed E-state index contributed by atoms with van der Waals surface area (Å²) in [7, 11) is 1.51. The number of hydrogen-bond acceptors (Lipinski definition) is 6.